The molecule has 0 nitrogen and oxygen atoms in total. The van der Waals surface area contributed by atoms with Crippen LogP contribution < -0.4 is 0 Å². The largest absolute Gasteiger partial charge is 0.147 e. The van der Waals surface area contributed by atoms with Crippen molar-refractivity contribution in [3.8, 4) is 0 Å². The van der Waals surface area contributed by atoms with Gasteiger partial charge in [0, 0.05) is 0 Å². The summed E-state index contributed by atoms with van der Waals surface area (Å²) in [6.07, 6.45) is 8.08. The summed E-state index contributed by atoms with van der Waals surface area (Å²) in [6.45, 7) is 4.53. The average molecular weight is 271 g/mol. The van der Waals surface area contributed by atoms with Crippen molar-refractivity contribution < 1.29 is 24.7 Å². The van der Waals surface area contributed by atoms with Gasteiger partial charge in [-0.2, -0.15) is 0 Å². The Morgan fingerprint density at radius 2 is 1.91 bits per heavy atom. The first kappa shape index (κ1) is 14.5. The van der Waals surface area contributed by atoms with E-state index < -0.39 is 0 Å². The molecule has 1 aliphatic carbocycles. The first-order valence-electron chi connectivity index (χ1n) is 3.21. The summed E-state index contributed by atoms with van der Waals surface area (Å²) in [4.78, 5) is 0. The molecule has 63 valence electrons. The van der Waals surface area contributed by atoms with E-state index in [2.05, 4.69) is 32.1 Å². The Labute approximate surface area is 96.2 Å². The van der Waals surface area contributed by atoms with Crippen LogP contribution in [0.5, 0.6) is 0 Å². The number of hydrogen-bond donors (Lipinski definition) is 0. The molecule has 0 aromatic rings. The molecule has 0 aromatic heterocycles. The van der Waals surface area contributed by atoms with Crippen molar-refractivity contribution in [2.45, 2.75) is 20.3 Å². The maximum Gasteiger partial charge on any atom is -0.147 e. The van der Waals surface area contributed by atoms with Crippen LogP contribution in [0.15, 0.2) is 21.5 Å². The van der Waals surface area contributed by atoms with Gasteiger partial charge in [-0.3, -0.25) is 0 Å². The molecule has 3 heteroatoms. The molecule has 0 atom stereocenters. The molecule has 0 N–H and O–H groups in total. The summed E-state index contributed by atoms with van der Waals surface area (Å²) in [6, 6.07) is 0. The monoisotopic (exact) mass is 269 g/mol. The number of hydrogen-bond acceptors (Lipinski definition) is 0. The second kappa shape index (κ2) is 5.57. The predicted molar refractivity (Wildman–Crippen MR) is 50.1 cm³/mol. The molecule has 0 spiro atoms. The van der Waals surface area contributed by atoms with Gasteiger partial charge in [0.25, 0.3) is 0 Å². The van der Waals surface area contributed by atoms with Crippen LogP contribution >= 0.6 is 24.8 Å². The fraction of sp³-hybridized carbons (Fsp3) is 0.500. The van der Waals surface area contributed by atoms with Crippen LogP contribution in [0.1, 0.15) is 20.3 Å². The summed E-state index contributed by atoms with van der Waals surface area (Å²) < 4.78 is 1.49. The van der Waals surface area contributed by atoms with Crippen molar-refractivity contribution in [1.82, 2.24) is 0 Å². The van der Waals surface area contributed by atoms with E-state index in [-0.39, 0.29) is 24.8 Å². The molecule has 1 aliphatic rings. The zero-order chi connectivity index (χ0) is 6.91. The Morgan fingerprint density at radius 3 is 2.18 bits per heavy atom. The van der Waals surface area contributed by atoms with E-state index in [0.717, 1.165) is 0 Å². The molecule has 0 saturated carbocycles. The minimum absolute atomic E-state index is 0. The smallest absolute Gasteiger partial charge is 0.147 e. The fourth-order valence-corrected chi connectivity index (χ4v) is 1.28. The molecular weight excluding hydrogens is 258 g/mol. The van der Waals surface area contributed by atoms with E-state index >= 15 is 0 Å². The molecule has 0 aromatic carbocycles. The standard InChI is InChI=1S/C8H11.2ClH.Zr/c1-8(2)6-4-3-5-7-8;;;/h4-6H,7H2,1-2H3;2*1H;. The fourth-order valence-electron chi connectivity index (χ4n) is 0.824. The van der Waals surface area contributed by atoms with E-state index in [1.807, 2.05) is 0 Å². The van der Waals surface area contributed by atoms with Crippen LogP contribution in [0.2, 0.25) is 0 Å². The minimum Gasteiger partial charge on any atom is -0.147 e. The van der Waals surface area contributed by atoms with Gasteiger partial charge in [0.05, 0.1) is 0 Å². The summed E-state index contributed by atoms with van der Waals surface area (Å²) in [5, 5.41) is 0. The molecule has 1 rings (SSSR count). The normalized spacial score (nSPS) is 19.2. The Bertz CT molecular complexity index is 171. The zero-order valence-electron chi connectivity index (χ0n) is 6.76. The molecular formula is C8H13Cl2Zr. The van der Waals surface area contributed by atoms with Gasteiger partial charge in [-0.1, -0.05) is 0 Å². The number of allylic oxidation sites excluding steroid dienone is 4. The van der Waals surface area contributed by atoms with E-state index in [1.165, 1.54) is 34.4 Å². The maximum atomic E-state index is 2.33. The Balaban J connectivity index is 0. The Kier molecular flexibility index (Phi) is 7.32. The van der Waals surface area contributed by atoms with Crippen LogP contribution in [0.25, 0.3) is 0 Å². The van der Waals surface area contributed by atoms with Crippen LogP contribution in [-0.2, 0) is 24.7 Å². The van der Waals surface area contributed by atoms with E-state index in [1.54, 1.807) is 0 Å². The molecule has 0 saturated heterocycles. The molecule has 0 heterocycles. The van der Waals surface area contributed by atoms with Crippen molar-refractivity contribution in [2.75, 3.05) is 0 Å². The molecule has 0 amide bonds. The predicted octanol–water partition coefficient (Wildman–Crippen LogP) is 3.25. The van der Waals surface area contributed by atoms with Gasteiger partial charge in [-0.05, 0) is 0 Å². The maximum absolute atomic E-state index is 2.33. The first-order chi connectivity index (χ1) is 4.10. The van der Waals surface area contributed by atoms with Crippen LogP contribution in [0.3, 0.4) is 0 Å². The van der Waals surface area contributed by atoms with Crippen LogP contribution in [0.4, 0.5) is 0 Å². The van der Waals surface area contributed by atoms with Gasteiger partial charge in [-0.25, -0.2) is 0 Å². The average Bonchev–Trinajstić information content (AvgIpc) is 1.78. The molecule has 0 aliphatic heterocycles. The minimum atomic E-state index is 0. The van der Waals surface area contributed by atoms with Crippen molar-refractivity contribution in [3.63, 3.8) is 0 Å². The van der Waals surface area contributed by atoms with Crippen molar-refractivity contribution >= 4 is 24.8 Å². The zero-order valence-corrected chi connectivity index (χ0v) is 10.8. The van der Waals surface area contributed by atoms with E-state index in [4.69, 9.17) is 0 Å². The first-order valence-corrected chi connectivity index (χ1v) is 4.44. The molecule has 0 radical (unpaired) electrons. The van der Waals surface area contributed by atoms with Gasteiger partial charge < -0.3 is 0 Å². The van der Waals surface area contributed by atoms with E-state index in [9.17, 15) is 0 Å². The van der Waals surface area contributed by atoms with Gasteiger partial charge in [0.15, 0.2) is 0 Å². The quantitative estimate of drug-likeness (QED) is 0.634. The van der Waals surface area contributed by atoms with Gasteiger partial charge in [0.2, 0.25) is 0 Å². The summed E-state index contributed by atoms with van der Waals surface area (Å²) >= 11 is 1.54. The van der Waals surface area contributed by atoms with Crippen LogP contribution in [-0.4, -0.2) is 0 Å². The number of rotatable bonds is 0. The summed E-state index contributed by atoms with van der Waals surface area (Å²) in [7, 11) is 0. The van der Waals surface area contributed by atoms with Crippen molar-refractivity contribution in [2.24, 2.45) is 5.41 Å². The second-order valence-electron chi connectivity index (χ2n) is 3.19. The van der Waals surface area contributed by atoms with Crippen LogP contribution in [0, 0.1) is 5.41 Å². The van der Waals surface area contributed by atoms with Gasteiger partial charge in [0.1, 0.15) is 0 Å². The third-order valence-electron chi connectivity index (χ3n) is 1.56. The number of halogens is 2. The van der Waals surface area contributed by atoms with Gasteiger partial charge in [-0.15, -0.1) is 24.8 Å². The Morgan fingerprint density at radius 1 is 1.36 bits per heavy atom. The van der Waals surface area contributed by atoms with E-state index in [0.29, 0.717) is 5.41 Å². The molecule has 0 fully saturated rings. The van der Waals surface area contributed by atoms with Crippen molar-refractivity contribution in [1.29, 1.82) is 0 Å². The molecule has 0 bridgehead atoms. The summed E-state index contributed by atoms with van der Waals surface area (Å²) in [5.41, 5.74) is 0.417. The third kappa shape index (κ3) is 5.22. The topological polar surface area (TPSA) is 0 Å². The van der Waals surface area contributed by atoms with Crippen molar-refractivity contribution in [3.05, 3.63) is 21.5 Å². The van der Waals surface area contributed by atoms with Gasteiger partial charge >= 0.3 is 71.9 Å². The third-order valence-corrected chi connectivity index (χ3v) is 2.47. The molecule has 0 unspecified atom stereocenters. The second-order valence-corrected chi connectivity index (χ2v) is 4.60. The SMILES string of the molecule is CC1(C)C=C[C]([Zr])=CC1.Cl.Cl. The Hall–Kier alpha value is 0.943. The molecule has 11 heavy (non-hydrogen) atoms. The summed E-state index contributed by atoms with van der Waals surface area (Å²) in [5.74, 6) is 0.